The maximum Gasteiger partial charge on any atom is 0.194 e. The Kier molecular flexibility index (Phi) is 3.43. The van der Waals surface area contributed by atoms with Crippen LogP contribution in [0.3, 0.4) is 0 Å². The van der Waals surface area contributed by atoms with E-state index >= 15 is 0 Å². The summed E-state index contributed by atoms with van der Waals surface area (Å²) < 4.78 is 40.0. The first kappa shape index (κ1) is 12.4. The van der Waals surface area contributed by atoms with Crippen LogP contribution in [-0.2, 0) is 5.54 Å². The van der Waals surface area contributed by atoms with Crippen molar-refractivity contribution in [2.45, 2.75) is 38.1 Å². The van der Waals surface area contributed by atoms with Gasteiger partial charge in [0.05, 0.1) is 0 Å². The van der Waals surface area contributed by atoms with Crippen LogP contribution >= 0.6 is 0 Å². The lowest BCUT2D eigenvalue weighted by Crippen LogP contribution is -2.37. The van der Waals surface area contributed by atoms with Gasteiger partial charge < -0.3 is 5.32 Å². The SMILES string of the molecule is CCCC1(c2ccc(F)c(F)c2F)CCCN1. The molecule has 94 valence electrons. The van der Waals surface area contributed by atoms with E-state index in [2.05, 4.69) is 5.32 Å². The van der Waals surface area contributed by atoms with Gasteiger partial charge in [-0.15, -0.1) is 0 Å². The number of nitrogens with one attached hydrogen (secondary N) is 1. The third-order valence-corrected chi connectivity index (χ3v) is 3.47. The van der Waals surface area contributed by atoms with Gasteiger partial charge in [-0.2, -0.15) is 0 Å². The normalized spacial score (nSPS) is 24.2. The first-order chi connectivity index (χ1) is 8.10. The highest BCUT2D eigenvalue weighted by atomic mass is 19.2. The average Bonchev–Trinajstić information content (AvgIpc) is 2.76. The molecule has 1 aliphatic rings. The van der Waals surface area contributed by atoms with Crippen molar-refractivity contribution in [2.24, 2.45) is 0 Å². The molecular formula is C13H16F3N. The third kappa shape index (κ3) is 2.06. The molecule has 1 nitrogen and oxygen atoms in total. The van der Waals surface area contributed by atoms with Crippen LogP contribution in [0.25, 0.3) is 0 Å². The quantitative estimate of drug-likeness (QED) is 0.801. The van der Waals surface area contributed by atoms with Crippen LogP contribution in [-0.4, -0.2) is 6.54 Å². The van der Waals surface area contributed by atoms with Gasteiger partial charge in [0.1, 0.15) is 0 Å². The summed E-state index contributed by atoms with van der Waals surface area (Å²) in [5.74, 6) is -3.55. The molecule has 0 saturated carbocycles. The molecule has 1 N–H and O–H groups in total. The fourth-order valence-corrected chi connectivity index (χ4v) is 2.71. The molecule has 1 unspecified atom stereocenters. The van der Waals surface area contributed by atoms with E-state index in [-0.39, 0.29) is 5.56 Å². The zero-order valence-electron chi connectivity index (χ0n) is 9.82. The van der Waals surface area contributed by atoms with Crippen LogP contribution in [0.1, 0.15) is 38.2 Å². The summed E-state index contributed by atoms with van der Waals surface area (Å²) in [5.41, 5.74) is -0.261. The highest BCUT2D eigenvalue weighted by Crippen LogP contribution is 2.37. The van der Waals surface area contributed by atoms with E-state index in [4.69, 9.17) is 0 Å². The van der Waals surface area contributed by atoms with Gasteiger partial charge in [0.25, 0.3) is 0 Å². The van der Waals surface area contributed by atoms with Crippen molar-refractivity contribution in [3.05, 3.63) is 35.1 Å². The van der Waals surface area contributed by atoms with Gasteiger partial charge in [0.15, 0.2) is 17.5 Å². The molecule has 0 aliphatic carbocycles. The molecule has 1 aromatic rings. The summed E-state index contributed by atoms with van der Waals surface area (Å²) in [4.78, 5) is 0. The predicted molar refractivity (Wildman–Crippen MR) is 60.1 cm³/mol. The fraction of sp³-hybridized carbons (Fsp3) is 0.538. The minimum absolute atomic E-state index is 0.260. The molecule has 1 aliphatic heterocycles. The minimum atomic E-state index is -1.37. The van der Waals surface area contributed by atoms with Crippen LogP contribution in [0.2, 0.25) is 0 Å². The van der Waals surface area contributed by atoms with Gasteiger partial charge in [-0.25, -0.2) is 13.2 Å². The highest BCUT2D eigenvalue weighted by Gasteiger charge is 2.37. The smallest absolute Gasteiger partial charge is 0.194 e. The zero-order chi connectivity index (χ0) is 12.5. The van der Waals surface area contributed by atoms with E-state index in [1.54, 1.807) is 0 Å². The molecule has 1 heterocycles. The molecule has 0 radical (unpaired) electrons. The Labute approximate surface area is 99.0 Å². The molecule has 1 atom stereocenters. The summed E-state index contributed by atoms with van der Waals surface area (Å²) in [6, 6.07) is 2.37. The molecule has 1 aromatic carbocycles. The molecule has 17 heavy (non-hydrogen) atoms. The molecule has 0 amide bonds. The highest BCUT2D eigenvalue weighted by molar-refractivity contribution is 5.29. The van der Waals surface area contributed by atoms with Gasteiger partial charge >= 0.3 is 0 Å². The van der Waals surface area contributed by atoms with E-state index in [1.165, 1.54) is 6.07 Å². The van der Waals surface area contributed by atoms with Crippen molar-refractivity contribution in [2.75, 3.05) is 6.54 Å². The molecule has 1 saturated heterocycles. The predicted octanol–water partition coefficient (Wildman–Crippen LogP) is 3.48. The van der Waals surface area contributed by atoms with Crippen molar-refractivity contribution in [1.82, 2.24) is 5.32 Å². The molecule has 0 aromatic heterocycles. The average molecular weight is 243 g/mol. The van der Waals surface area contributed by atoms with Gasteiger partial charge in [-0.1, -0.05) is 19.4 Å². The molecular weight excluding hydrogens is 227 g/mol. The van der Waals surface area contributed by atoms with Gasteiger partial charge in [0.2, 0.25) is 0 Å². The summed E-state index contributed by atoms with van der Waals surface area (Å²) in [6.45, 7) is 2.79. The maximum absolute atomic E-state index is 13.8. The number of hydrogen-bond donors (Lipinski definition) is 1. The first-order valence-corrected chi connectivity index (χ1v) is 6.00. The topological polar surface area (TPSA) is 12.0 Å². The van der Waals surface area contributed by atoms with Crippen LogP contribution in [0.5, 0.6) is 0 Å². The van der Waals surface area contributed by atoms with E-state index in [9.17, 15) is 13.2 Å². The minimum Gasteiger partial charge on any atom is -0.307 e. The molecule has 0 spiro atoms. The summed E-state index contributed by atoms with van der Waals surface area (Å²) in [7, 11) is 0. The second-order valence-electron chi connectivity index (χ2n) is 4.59. The number of benzene rings is 1. The first-order valence-electron chi connectivity index (χ1n) is 6.00. The molecule has 0 bridgehead atoms. The van der Waals surface area contributed by atoms with Crippen LogP contribution in [0, 0.1) is 17.5 Å². The Morgan fingerprint density at radius 3 is 2.59 bits per heavy atom. The van der Waals surface area contributed by atoms with Gasteiger partial charge in [-0.05, 0) is 31.9 Å². The number of rotatable bonds is 3. The molecule has 2 rings (SSSR count). The second kappa shape index (κ2) is 4.69. The Hall–Kier alpha value is -1.03. The summed E-state index contributed by atoms with van der Waals surface area (Å²) in [6.07, 6.45) is 3.29. The van der Waals surface area contributed by atoms with E-state index in [0.29, 0.717) is 0 Å². The Morgan fingerprint density at radius 1 is 1.24 bits per heavy atom. The van der Waals surface area contributed by atoms with E-state index < -0.39 is 23.0 Å². The monoisotopic (exact) mass is 243 g/mol. The third-order valence-electron chi connectivity index (χ3n) is 3.47. The van der Waals surface area contributed by atoms with Crippen LogP contribution in [0.4, 0.5) is 13.2 Å². The van der Waals surface area contributed by atoms with Gasteiger partial charge in [-0.3, -0.25) is 0 Å². The Morgan fingerprint density at radius 2 is 2.00 bits per heavy atom. The van der Waals surface area contributed by atoms with E-state index in [1.807, 2.05) is 6.92 Å². The Balaban J connectivity index is 2.47. The van der Waals surface area contributed by atoms with Crippen molar-refractivity contribution in [3.63, 3.8) is 0 Å². The van der Waals surface area contributed by atoms with Crippen LogP contribution < -0.4 is 5.32 Å². The van der Waals surface area contributed by atoms with E-state index in [0.717, 1.165) is 38.3 Å². The Bertz CT molecular complexity index is 411. The summed E-state index contributed by atoms with van der Waals surface area (Å²) in [5, 5.41) is 3.25. The molecule has 1 fully saturated rings. The number of halogens is 3. The maximum atomic E-state index is 13.8. The van der Waals surface area contributed by atoms with Gasteiger partial charge in [0, 0.05) is 11.1 Å². The zero-order valence-corrected chi connectivity index (χ0v) is 9.82. The van der Waals surface area contributed by atoms with Crippen molar-refractivity contribution in [3.8, 4) is 0 Å². The fourth-order valence-electron chi connectivity index (χ4n) is 2.71. The summed E-state index contributed by atoms with van der Waals surface area (Å²) >= 11 is 0. The van der Waals surface area contributed by atoms with Crippen LogP contribution in [0.15, 0.2) is 12.1 Å². The lowest BCUT2D eigenvalue weighted by Gasteiger charge is -2.30. The standard InChI is InChI=1S/C13H16F3N/c1-2-6-13(7-3-8-17-13)9-4-5-10(14)12(16)11(9)15/h4-5,17H,2-3,6-8H2,1H3. The number of hydrogen-bond acceptors (Lipinski definition) is 1. The lowest BCUT2D eigenvalue weighted by atomic mass is 9.84. The molecule has 4 heteroatoms. The van der Waals surface area contributed by atoms with Crippen molar-refractivity contribution >= 4 is 0 Å². The van der Waals surface area contributed by atoms with Crippen molar-refractivity contribution in [1.29, 1.82) is 0 Å². The lowest BCUT2D eigenvalue weighted by molar-refractivity contribution is 0.329. The largest absolute Gasteiger partial charge is 0.307 e. The van der Waals surface area contributed by atoms with Crippen molar-refractivity contribution < 1.29 is 13.2 Å². The second-order valence-corrected chi connectivity index (χ2v) is 4.59.